The van der Waals surface area contributed by atoms with Gasteiger partial charge in [-0.05, 0) is 48.9 Å². The van der Waals surface area contributed by atoms with Crippen LogP contribution in [-0.2, 0) is 19.6 Å². The van der Waals surface area contributed by atoms with E-state index in [0.717, 1.165) is 16.4 Å². The van der Waals surface area contributed by atoms with Gasteiger partial charge in [0.2, 0.25) is 10.0 Å². The maximum Gasteiger partial charge on any atom is 0.338 e. The Morgan fingerprint density at radius 3 is 2.33 bits per heavy atom. The Balaban J connectivity index is 2.05. The van der Waals surface area contributed by atoms with E-state index in [0.29, 0.717) is 11.3 Å². The normalized spacial score (nSPS) is 11.3. The number of amides is 1. The molecule has 0 bridgehead atoms. The van der Waals surface area contributed by atoms with E-state index < -0.39 is 34.3 Å². The van der Waals surface area contributed by atoms with E-state index in [9.17, 15) is 22.4 Å². The van der Waals surface area contributed by atoms with E-state index in [1.165, 1.54) is 38.4 Å². The highest BCUT2D eigenvalue weighted by molar-refractivity contribution is 7.89. The number of carbonyl (C=O) groups is 2. The topological polar surface area (TPSA) is 92.8 Å². The second kappa shape index (κ2) is 8.28. The Hall–Kier alpha value is -2.78. The third kappa shape index (κ3) is 5.11. The van der Waals surface area contributed by atoms with Crippen LogP contribution in [0.1, 0.15) is 15.9 Å². The van der Waals surface area contributed by atoms with E-state index in [4.69, 9.17) is 4.74 Å². The van der Waals surface area contributed by atoms with Crippen LogP contribution in [0.4, 0.5) is 10.1 Å². The lowest BCUT2D eigenvalue weighted by atomic mass is 10.2. The highest BCUT2D eigenvalue weighted by atomic mass is 32.2. The number of hydrogen-bond donors (Lipinski definition) is 1. The zero-order valence-electron chi connectivity index (χ0n) is 15.0. The smallest absolute Gasteiger partial charge is 0.338 e. The van der Waals surface area contributed by atoms with Crippen LogP contribution in [0.15, 0.2) is 47.4 Å². The molecule has 0 spiro atoms. The van der Waals surface area contributed by atoms with Gasteiger partial charge in [-0.25, -0.2) is 21.9 Å². The van der Waals surface area contributed by atoms with Gasteiger partial charge in [0.15, 0.2) is 6.61 Å². The number of hydrogen-bond acceptors (Lipinski definition) is 5. The van der Waals surface area contributed by atoms with E-state index in [-0.39, 0.29) is 10.5 Å². The molecule has 2 rings (SSSR count). The van der Waals surface area contributed by atoms with Crippen molar-refractivity contribution >= 4 is 27.6 Å². The first kappa shape index (κ1) is 20.5. The summed E-state index contributed by atoms with van der Waals surface area (Å²) in [5.74, 6) is -1.90. The van der Waals surface area contributed by atoms with E-state index in [1.807, 2.05) is 0 Å². The maximum absolute atomic E-state index is 12.8. The molecule has 9 heteroatoms. The lowest BCUT2D eigenvalue weighted by molar-refractivity contribution is -0.119. The van der Waals surface area contributed by atoms with Crippen molar-refractivity contribution in [3.05, 3.63) is 59.4 Å². The van der Waals surface area contributed by atoms with E-state index in [2.05, 4.69) is 5.32 Å². The molecule has 1 amide bonds. The van der Waals surface area contributed by atoms with Gasteiger partial charge in [-0.1, -0.05) is 6.07 Å². The summed E-state index contributed by atoms with van der Waals surface area (Å²) in [7, 11) is -0.841. The van der Waals surface area contributed by atoms with Gasteiger partial charge >= 0.3 is 5.97 Å². The number of rotatable bonds is 6. The van der Waals surface area contributed by atoms with Crippen molar-refractivity contribution < 1.29 is 27.1 Å². The number of aryl methyl sites for hydroxylation is 1. The highest BCUT2D eigenvalue weighted by Gasteiger charge is 2.19. The molecule has 0 fully saturated rings. The molecule has 0 aromatic heterocycles. The van der Waals surface area contributed by atoms with Gasteiger partial charge in [0.25, 0.3) is 5.91 Å². The predicted molar refractivity (Wildman–Crippen MR) is 97.4 cm³/mol. The number of sulfonamides is 1. The molecule has 2 aromatic rings. The molecule has 2 aromatic carbocycles. The molecule has 0 aliphatic rings. The van der Waals surface area contributed by atoms with Crippen molar-refractivity contribution in [1.29, 1.82) is 0 Å². The lowest BCUT2D eigenvalue weighted by Crippen LogP contribution is -2.23. The standard InChI is InChI=1S/C18H19FN2O5S/c1-12-4-9-15(27(24,25)21(2)3)10-16(12)20-17(22)11-26-18(23)13-5-7-14(19)8-6-13/h4-10H,11H2,1-3H3,(H,20,22). The first-order valence-corrected chi connectivity index (χ1v) is 9.31. The SMILES string of the molecule is Cc1ccc(S(=O)(=O)N(C)C)cc1NC(=O)COC(=O)c1ccc(F)cc1. The Morgan fingerprint density at radius 1 is 1.11 bits per heavy atom. The molecule has 1 N–H and O–H groups in total. The minimum atomic E-state index is -3.65. The van der Waals surface area contributed by atoms with Crippen LogP contribution in [0.5, 0.6) is 0 Å². The maximum atomic E-state index is 12.8. The van der Waals surface area contributed by atoms with Crippen LogP contribution in [0.2, 0.25) is 0 Å². The summed E-state index contributed by atoms with van der Waals surface area (Å²) in [5, 5.41) is 2.52. The molecule has 0 radical (unpaired) electrons. The molecule has 7 nitrogen and oxygen atoms in total. The van der Waals surface area contributed by atoms with Crippen molar-refractivity contribution in [1.82, 2.24) is 4.31 Å². The number of esters is 1. The highest BCUT2D eigenvalue weighted by Crippen LogP contribution is 2.22. The summed E-state index contributed by atoms with van der Waals surface area (Å²) in [4.78, 5) is 23.9. The Bertz CT molecular complexity index is 956. The van der Waals surface area contributed by atoms with Crippen molar-refractivity contribution in [3.8, 4) is 0 Å². The van der Waals surface area contributed by atoms with Crippen molar-refractivity contribution in [2.24, 2.45) is 0 Å². The summed E-state index contributed by atoms with van der Waals surface area (Å²) in [6.07, 6.45) is 0. The molecule has 0 saturated carbocycles. The molecule has 0 atom stereocenters. The number of nitrogens with zero attached hydrogens (tertiary/aromatic N) is 1. The molecule has 0 heterocycles. The fraction of sp³-hybridized carbons (Fsp3) is 0.222. The van der Waals surface area contributed by atoms with E-state index in [1.54, 1.807) is 13.0 Å². The summed E-state index contributed by atoms with van der Waals surface area (Å²) >= 11 is 0. The number of halogens is 1. The van der Waals surface area contributed by atoms with E-state index >= 15 is 0 Å². The number of nitrogens with one attached hydrogen (secondary N) is 1. The molecule has 27 heavy (non-hydrogen) atoms. The summed E-state index contributed by atoms with van der Waals surface area (Å²) < 4.78 is 43.2. The predicted octanol–water partition coefficient (Wildman–Crippen LogP) is 2.18. The van der Waals surface area contributed by atoms with Crippen LogP contribution in [0, 0.1) is 12.7 Å². The monoisotopic (exact) mass is 394 g/mol. The number of carbonyl (C=O) groups excluding carboxylic acids is 2. The van der Waals surface area contributed by atoms with Crippen molar-refractivity contribution in [3.63, 3.8) is 0 Å². The van der Waals surface area contributed by atoms with Gasteiger partial charge in [-0.3, -0.25) is 4.79 Å². The van der Waals surface area contributed by atoms with Crippen LogP contribution < -0.4 is 5.32 Å². The molecule has 0 unspecified atom stereocenters. The van der Waals surface area contributed by atoms with Gasteiger partial charge in [-0.2, -0.15) is 0 Å². The quantitative estimate of drug-likeness (QED) is 0.758. The van der Waals surface area contributed by atoms with Crippen LogP contribution in [-0.4, -0.2) is 45.3 Å². The average Bonchev–Trinajstić information content (AvgIpc) is 2.61. The zero-order valence-corrected chi connectivity index (χ0v) is 15.8. The van der Waals surface area contributed by atoms with Gasteiger partial charge in [0, 0.05) is 19.8 Å². The number of ether oxygens (including phenoxy) is 1. The van der Waals surface area contributed by atoms with Crippen LogP contribution in [0.25, 0.3) is 0 Å². The van der Waals surface area contributed by atoms with Gasteiger partial charge in [0.05, 0.1) is 10.5 Å². The van der Waals surface area contributed by atoms with Gasteiger partial charge in [0.1, 0.15) is 5.82 Å². The number of benzene rings is 2. The fourth-order valence-corrected chi connectivity index (χ4v) is 3.02. The summed E-state index contributed by atoms with van der Waals surface area (Å²) in [5.41, 5.74) is 1.05. The Labute approximate surface area is 156 Å². The Morgan fingerprint density at radius 2 is 1.74 bits per heavy atom. The molecule has 0 aliphatic carbocycles. The molecule has 0 saturated heterocycles. The van der Waals surface area contributed by atoms with Gasteiger partial charge in [-0.15, -0.1) is 0 Å². The third-order valence-corrected chi connectivity index (χ3v) is 5.49. The molecular weight excluding hydrogens is 375 g/mol. The summed E-state index contributed by atoms with van der Waals surface area (Å²) in [6.45, 7) is 1.13. The number of anilines is 1. The van der Waals surface area contributed by atoms with Crippen molar-refractivity contribution in [2.75, 3.05) is 26.0 Å². The first-order valence-electron chi connectivity index (χ1n) is 7.87. The van der Waals surface area contributed by atoms with Gasteiger partial charge < -0.3 is 10.1 Å². The second-order valence-electron chi connectivity index (χ2n) is 5.90. The third-order valence-electron chi connectivity index (χ3n) is 3.68. The molecule has 144 valence electrons. The summed E-state index contributed by atoms with van der Waals surface area (Å²) in [6, 6.07) is 9.05. The van der Waals surface area contributed by atoms with Crippen LogP contribution in [0.3, 0.4) is 0 Å². The molecule has 0 aliphatic heterocycles. The average molecular weight is 394 g/mol. The first-order chi connectivity index (χ1) is 12.6. The fourth-order valence-electron chi connectivity index (χ4n) is 2.09. The zero-order chi connectivity index (χ0) is 20.2. The Kier molecular flexibility index (Phi) is 6.29. The van der Waals surface area contributed by atoms with Crippen molar-refractivity contribution in [2.45, 2.75) is 11.8 Å². The largest absolute Gasteiger partial charge is 0.452 e. The minimum Gasteiger partial charge on any atom is -0.452 e. The minimum absolute atomic E-state index is 0.0247. The molecular formula is C18H19FN2O5S. The lowest BCUT2D eigenvalue weighted by Gasteiger charge is -2.14. The van der Waals surface area contributed by atoms with Crippen LogP contribution >= 0.6 is 0 Å². The second-order valence-corrected chi connectivity index (χ2v) is 8.05.